The van der Waals surface area contributed by atoms with E-state index in [0.717, 1.165) is 12.8 Å². The minimum Gasteiger partial charge on any atom is -0.455 e. The standard InChI is InChI=1S/C16H20N4O3S2/c1-11(7-8-12-5-3-2-4-6-12)18-13(21)9-23-14(22)10-24-16-20-19-15(17)25-16/h2-6,11H,7-10H2,1H3,(H2,17,19)(H,18,21)/t11-/m0/s1. The number of esters is 1. The smallest absolute Gasteiger partial charge is 0.316 e. The fourth-order valence-corrected chi connectivity index (χ4v) is 3.44. The lowest BCUT2D eigenvalue weighted by Gasteiger charge is -2.14. The van der Waals surface area contributed by atoms with Crippen molar-refractivity contribution in [2.24, 2.45) is 0 Å². The molecule has 0 spiro atoms. The van der Waals surface area contributed by atoms with E-state index in [0.29, 0.717) is 9.47 Å². The highest BCUT2D eigenvalue weighted by Gasteiger charge is 2.12. The van der Waals surface area contributed by atoms with Gasteiger partial charge in [0.2, 0.25) is 5.13 Å². The third-order valence-corrected chi connectivity index (χ3v) is 5.08. The first-order valence-corrected chi connectivity index (χ1v) is 9.54. The maximum absolute atomic E-state index is 11.8. The Morgan fingerprint density at radius 1 is 1.32 bits per heavy atom. The second kappa shape index (κ2) is 10.00. The number of nitrogens with one attached hydrogen (secondary N) is 1. The van der Waals surface area contributed by atoms with E-state index in [1.165, 1.54) is 28.7 Å². The van der Waals surface area contributed by atoms with Gasteiger partial charge in [-0.2, -0.15) is 0 Å². The zero-order valence-electron chi connectivity index (χ0n) is 13.8. The van der Waals surface area contributed by atoms with Gasteiger partial charge < -0.3 is 15.8 Å². The number of aryl methyl sites for hydroxylation is 1. The number of nitrogen functional groups attached to an aromatic ring is 1. The summed E-state index contributed by atoms with van der Waals surface area (Å²) in [7, 11) is 0. The van der Waals surface area contributed by atoms with Crippen molar-refractivity contribution in [3.05, 3.63) is 35.9 Å². The number of nitrogens with zero attached hydrogens (tertiary/aromatic N) is 2. The first-order valence-electron chi connectivity index (χ1n) is 7.73. The van der Waals surface area contributed by atoms with E-state index in [1.807, 2.05) is 25.1 Å². The number of carbonyl (C=O) groups is 2. The molecule has 0 aliphatic heterocycles. The predicted molar refractivity (Wildman–Crippen MR) is 98.4 cm³/mol. The van der Waals surface area contributed by atoms with Crippen LogP contribution in [0, 0.1) is 0 Å². The van der Waals surface area contributed by atoms with Crippen LogP contribution in [0.25, 0.3) is 0 Å². The van der Waals surface area contributed by atoms with E-state index in [2.05, 4.69) is 27.6 Å². The van der Waals surface area contributed by atoms with Crippen molar-refractivity contribution >= 4 is 40.1 Å². The molecule has 0 aliphatic carbocycles. The number of carbonyl (C=O) groups excluding carboxylic acids is 2. The minimum atomic E-state index is -0.481. The van der Waals surface area contributed by atoms with Gasteiger partial charge in [-0.1, -0.05) is 53.4 Å². The molecule has 0 saturated carbocycles. The Morgan fingerprint density at radius 2 is 2.08 bits per heavy atom. The SMILES string of the molecule is C[C@@H](CCc1ccccc1)NC(=O)COC(=O)CSc1nnc(N)s1. The van der Waals surface area contributed by atoms with E-state index >= 15 is 0 Å². The molecule has 0 unspecified atom stereocenters. The fourth-order valence-electron chi connectivity index (χ4n) is 2.00. The normalized spacial score (nSPS) is 11.7. The third-order valence-electron chi connectivity index (χ3n) is 3.22. The Hall–Kier alpha value is -2.13. The first-order chi connectivity index (χ1) is 12.0. The van der Waals surface area contributed by atoms with Crippen molar-refractivity contribution in [2.75, 3.05) is 18.1 Å². The molecule has 1 amide bonds. The molecule has 134 valence electrons. The lowest BCUT2D eigenvalue weighted by molar-refractivity contribution is -0.146. The monoisotopic (exact) mass is 380 g/mol. The van der Waals surface area contributed by atoms with Crippen LogP contribution in [0.5, 0.6) is 0 Å². The van der Waals surface area contributed by atoms with Crippen molar-refractivity contribution < 1.29 is 14.3 Å². The highest BCUT2D eigenvalue weighted by atomic mass is 32.2. The van der Waals surface area contributed by atoms with E-state index in [-0.39, 0.29) is 24.3 Å². The first kappa shape index (κ1) is 19.2. The van der Waals surface area contributed by atoms with E-state index < -0.39 is 5.97 Å². The lowest BCUT2D eigenvalue weighted by Crippen LogP contribution is -2.36. The van der Waals surface area contributed by atoms with Crippen LogP contribution in [0.2, 0.25) is 0 Å². The van der Waals surface area contributed by atoms with Gasteiger partial charge in [0, 0.05) is 6.04 Å². The molecule has 1 aromatic heterocycles. The number of hydrogen-bond acceptors (Lipinski definition) is 8. The molecule has 2 aromatic rings. The Bertz CT molecular complexity index is 694. The number of thioether (sulfide) groups is 1. The zero-order valence-corrected chi connectivity index (χ0v) is 15.4. The highest BCUT2D eigenvalue weighted by Crippen LogP contribution is 2.23. The predicted octanol–water partition coefficient (Wildman–Crippen LogP) is 1.89. The Balaban J connectivity index is 1.60. The summed E-state index contributed by atoms with van der Waals surface area (Å²) in [6.07, 6.45) is 1.70. The van der Waals surface area contributed by atoms with Crippen LogP contribution < -0.4 is 11.1 Å². The topological polar surface area (TPSA) is 107 Å². The molecule has 2 rings (SSSR count). The van der Waals surface area contributed by atoms with Gasteiger partial charge in [0.05, 0.1) is 5.75 Å². The molecule has 1 atom stereocenters. The number of hydrogen-bond donors (Lipinski definition) is 2. The van der Waals surface area contributed by atoms with Gasteiger partial charge in [-0.25, -0.2) is 0 Å². The lowest BCUT2D eigenvalue weighted by atomic mass is 10.1. The van der Waals surface area contributed by atoms with Gasteiger partial charge in [0.15, 0.2) is 10.9 Å². The highest BCUT2D eigenvalue weighted by molar-refractivity contribution is 8.01. The molecular weight excluding hydrogens is 360 g/mol. The molecule has 0 saturated heterocycles. The van der Waals surface area contributed by atoms with Crippen LogP contribution in [0.3, 0.4) is 0 Å². The van der Waals surface area contributed by atoms with Crippen LogP contribution in [-0.2, 0) is 20.7 Å². The summed E-state index contributed by atoms with van der Waals surface area (Å²) in [6, 6.07) is 10.1. The summed E-state index contributed by atoms with van der Waals surface area (Å²) in [5.41, 5.74) is 6.68. The van der Waals surface area contributed by atoms with E-state index in [9.17, 15) is 9.59 Å². The number of amides is 1. The van der Waals surface area contributed by atoms with Crippen molar-refractivity contribution in [2.45, 2.75) is 30.1 Å². The second-order valence-electron chi connectivity index (χ2n) is 5.35. The van der Waals surface area contributed by atoms with Crippen LogP contribution in [0.4, 0.5) is 5.13 Å². The van der Waals surface area contributed by atoms with Crippen molar-refractivity contribution in [1.82, 2.24) is 15.5 Å². The third kappa shape index (κ3) is 7.53. The molecular formula is C16H20N4O3S2. The van der Waals surface area contributed by atoms with Gasteiger partial charge in [-0.3, -0.25) is 9.59 Å². The van der Waals surface area contributed by atoms with E-state index in [1.54, 1.807) is 0 Å². The molecule has 0 radical (unpaired) electrons. The van der Waals surface area contributed by atoms with Gasteiger partial charge in [-0.05, 0) is 25.3 Å². The number of anilines is 1. The Labute approximate surface area is 154 Å². The molecule has 25 heavy (non-hydrogen) atoms. The summed E-state index contributed by atoms with van der Waals surface area (Å²) in [5.74, 6) is -0.726. The maximum Gasteiger partial charge on any atom is 0.316 e. The molecule has 3 N–H and O–H groups in total. The van der Waals surface area contributed by atoms with Crippen molar-refractivity contribution in [1.29, 1.82) is 0 Å². The van der Waals surface area contributed by atoms with Crippen LogP contribution >= 0.6 is 23.1 Å². The number of nitrogens with two attached hydrogens (primary N) is 1. The van der Waals surface area contributed by atoms with Gasteiger partial charge in [0.25, 0.3) is 5.91 Å². The van der Waals surface area contributed by atoms with E-state index in [4.69, 9.17) is 10.5 Å². The maximum atomic E-state index is 11.8. The number of rotatable bonds is 9. The Kier molecular flexibility index (Phi) is 7.68. The van der Waals surface area contributed by atoms with Gasteiger partial charge in [0.1, 0.15) is 0 Å². The molecule has 0 aliphatic rings. The molecule has 1 aromatic carbocycles. The fraction of sp³-hybridized carbons (Fsp3) is 0.375. The van der Waals surface area contributed by atoms with Gasteiger partial charge in [-0.15, -0.1) is 10.2 Å². The molecule has 1 heterocycles. The Morgan fingerprint density at radius 3 is 2.76 bits per heavy atom. The average Bonchev–Trinajstić information content (AvgIpc) is 3.02. The number of benzene rings is 1. The quantitative estimate of drug-likeness (QED) is 0.505. The van der Waals surface area contributed by atoms with Crippen LogP contribution in [0.1, 0.15) is 18.9 Å². The van der Waals surface area contributed by atoms with Gasteiger partial charge >= 0.3 is 5.97 Å². The number of ether oxygens (including phenoxy) is 1. The molecule has 0 bridgehead atoms. The summed E-state index contributed by atoms with van der Waals surface area (Å²) < 4.78 is 5.54. The summed E-state index contributed by atoms with van der Waals surface area (Å²) >= 11 is 2.38. The van der Waals surface area contributed by atoms with Crippen LogP contribution in [0.15, 0.2) is 34.7 Å². The summed E-state index contributed by atoms with van der Waals surface area (Å²) in [4.78, 5) is 23.4. The summed E-state index contributed by atoms with van der Waals surface area (Å²) in [5, 5.41) is 10.6. The largest absolute Gasteiger partial charge is 0.455 e. The molecule has 9 heteroatoms. The van der Waals surface area contributed by atoms with Crippen molar-refractivity contribution in [3.63, 3.8) is 0 Å². The average molecular weight is 380 g/mol. The van der Waals surface area contributed by atoms with Crippen LogP contribution in [-0.4, -0.2) is 40.5 Å². The zero-order chi connectivity index (χ0) is 18.1. The van der Waals surface area contributed by atoms with Crippen molar-refractivity contribution in [3.8, 4) is 0 Å². The minimum absolute atomic E-state index is 0.00477. The molecule has 7 nitrogen and oxygen atoms in total. The number of aromatic nitrogens is 2. The molecule has 0 fully saturated rings. The summed E-state index contributed by atoms with van der Waals surface area (Å²) in [6.45, 7) is 1.64. The second-order valence-corrected chi connectivity index (χ2v) is 7.58.